The van der Waals surface area contributed by atoms with Crippen LogP contribution in [0.25, 0.3) is 0 Å². The maximum atomic E-state index is 8.97. The number of rotatable bonds is 1. The number of hydrogen-bond donors (Lipinski definition) is 0. The van der Waals surface area contributed by atoms with E-state index in [9.17, 15) is 0 Å². The minimum atomic E-state index is -0.0643. The summed E-state index contributed by atoms with van der Waals surface area (Å²) in [6.07, 6.45) is 1.82. The molecule has 1 rings (SSSR count). The SMILES string of the molecule is CC(C)n1cc(C#N)c(C(C)(C)C)n1. The molecular formula is C11H17N3. The van der Waals surface area contributed by atoms with E-state index in [0.717, 1.165) is 5.69 Å². The monoisotopic (exact) mass is 191 g/mol. The Morgan fingerprint density at radius 3 is 2.29 bits per heavy atom. The van der Waals surface area contributed by atoms with Gasteiger partial charge in [-0.25, -0.2) is 0 Å². The van der Waals surface area contributed by atoms with Crippen LogP contribution in [0, 0.1) is 11.3 Å². The first-order chi connectivity index (χ1) is 6.36. The van der Waals surface area contributed by atoms with E-state index >= 15 is 0 Å². The van der Waals surface area contributed by atoms with Crippen LogP contribution < -0.4 is 0 Å². The lowest BCUT2D eigenvalue weighted by Gasteiger charge is -2.15. The van der Waals surface area contributed by atoms with Crippen molar-refractivity contribution in [1.29, 1.82) is 5.26 Å². The zero-order valence-corrected chi connectivity index (χ0v) is 9.50. The van der Waals surface area contributed by atoms with Gasteiger partial charge in [0.05, 0.1) is 11.3 Å². The standard InChI is InChI=1S/C11H17N3/c1-8(2)14-7-9(6-12)10(13-14)11(3,4)5/h7-8H,1-5H3. The van der Waals surface area contributed by atoms with Gasteiger partial charge in [0, 0.05) is 17.7 Å². The maximum absolute atomic E-state index is 8.97. The Hall–Kier alpha value is -1.30. The molecule has 0 saturated carbocycles. The largest absolute Gasteiger partial charge is 0.269 e. The molecule has 76 valence electrons. The highest BCUT2D eigenvalue weighted by Gasteiger charge is 2.22. The number of nitrogens with zero attached hydrogens (tertiary/aromatic N) is 3. The van der Waals surface area contributed by atoms with Crippen molar-refractivity contribution < 1.29 is 0 Å². The minimum Gasteiger partial charge on any atom is -0.269 e. The van der Waals surface area contributed by atoms with Crippen LogP contribution in [-0.4, -0.2) is 9.78 Å². The van der Waals surface area contributed by atoms with Crippen molar-refractivity contribution >= 4 is 0 Å². The van der Waals surface area contributed by atoms with E-state index < -0.39 is 0 Å². The molecule has 1 aromatic rings. The van der Waals surface area contributed by atoms with Crippen LogP contribution in [0.3, 0.4) is 0 Å². The quantitative estimate of drug-likeness (QED) is 0.684. The van der Waals surface area contributed by atoms with E-state index in [1.807, 2.05) is 10.9 Å². The van der Waals surface area contributed by atoms with E-state index in [1.165, 1.54) is 0 Å². The average Bonchev–Trinajstić information content (AvgIpc) is 2.46. The van der Waals surface area contributed by atoms with Crippen LogP contribution in [-0.2, 0) is 5.41 Å². The molecule has 0 aliphatic heterocycles. The molecule has 0 fully saturated rings. The summed E-state index contributed by atoms with van der Waals surface area (Å²) < 4.78 is 1.85. The van der Waals surface area contributed by atoms with Gasteiger partial charge in [0.15, 0.2) is 0 Å². The molecule has 0 bridgehead atoms. The molecule has 0 saturated heterocycles. The Bertz CT molecular complexity index is 361. The average molecular weight is 191 g/mol. The second-order valence-electron chi connectivity index (χ2n) is 4.83. The van der Waals surface area contributed by atoms with Crippen LogP contribution in [0.5, 0.6) is 0 Å². The third-order valence-corrected chi connectivity index (χ3v) is 2.09. The molecule has 0 aliphatic carbocycles. The summed E-state index contributed by atoms with van der Waals surface area (Å²) in [6, 6.07) is 2.50. The fourth-order valence-electron chi connectivity index (χ4n) is 1.29. The second-order valence-corrected chi connectivity index (χ2v) is 4.83. The summed E-state index contributed by atoms with van der Waals surface area (Å²) in [5.74, 6) is 0. The van der Waals surface area contributed by atoms with Crippen molar-refractivity contribution in [1.82, 2.24) is 9.78 Å². The molecule has 0 aromatic carbocycles. The smallest absolute Gasteiger partial charge is 0.103 e. The third kappa shape index (κ3) is 1.95. The van der Waals surface area contributed by atoms with Crippen molar-refractivity contribution in [2.24, 2.45) is 0 Å². The summed E-state index contributed by atoms with van der Waals surface area (Å²) in [5, 5.41) is 13.4. The van der Waals surface area contributed by atoms with Gasteiger partial charge in [-0.3, -0.25) is 4.68 Å². The van der Waals surface area contributed by atoms with Crippen LogP contribution in [0.4, 0.5) is 0 Å². The summed E-state index contributed by atoms with van der Waals surface area (Å²) >= 11 is 0. The van der Waals surface area contributed by atoms with E-state index in [2.05, 4.69) is 45.8 Å². The first-order valence-corrected chi connectivity index (χ1v) is 4.86. The number of aromatic nitrogens is 2. The van der Waals surface area contributed by atoms with Gasteiger partial charge in [-0.2, -0.15) is 10.4 Å². The van der Waals surface area contributed by atoms with Crippen LogP contribution >= 0.6 is 0 Å². The Balaban J connectivity index is 3.24. The molecule has 0 atom stereocenters. The van der Waals surface area contributed by atoms with Crippen LogP contribution in [0.15, 0.2) is 6.20 Å². The Labute approximate surface area is 85.4 Å². The van der Waals surface area contributed by atoms with Crippen molar-refractivity contribution in [3.05, 3.63) is 17.5 Å². The first kappa shape index (κ1) is 10.8. The predicted octanol–water partition coefficient (Wildman–Crippen LogP) is 2.63. The predicted molar refractivity (Wildman–Crippen MR) is 56.0 cm³/mol. The van der Waals surface area contributed by atoms with Crippen LogP contribution in [0.1, 0.15) is 51.9 Å². The zero-order chi connectivity index (χ0) is 10.9. The fraction of sp³-hybridized carbons (Fsp3) is 0.636. The van der Waals surface area contributed by atoms with Gasteiger partial charge < -0.3 is 0 Å². The fourth-order valence-corrected chi connectivity index (χ4v) is 1.29. The van der Waals surface area contributed by atoms with E-state index in [0.29, 0.717) is 11.6 Å². The summed E-state index contributed by atoms with van der Waals surface area (Å²) in [7, 11) is 0. The van der Waals surface area contributed by atoms with E-state index in [1.54, 1.807) is 0 Å². The van der Waals surface area contributed by atoms with Gasteiger partial charge >= 0.3 is 0 Å². The summed E-state index contributed by atoms with van der Waals surface area (Å²) in [4.78, 5) is 0. The first-order valence-electron chi connectivity index (χ1n) is 4.86. The molecule has 0 amide bonds. The van der Waals surface area contributed by atoms with Crippen molar-refractivity contribution in [3.63, 3.8) is 0 Å². The molecule has 3 heteroatoms. The van der Waals surface area contributed by atoms with Crippen molar-refractivity contribution in [2.75, 3.05) is 0 Å². The van der Waals surface area contributed by atoms with Gasteiger partial charge in [0.1, 0.15) is 6.07 Å². The summed E-state index contributed by atoms with van der Waals surface area (Å²) in [6.45, 7) is 10.3. The van der Waals surface area contributed by atoms with E-state index in [4.69, 9.17) is 5.26 Å². The molecule has 0 N–H and O–H groups in total. The van der Waals surface area contributed by atoms with Gasteiger partial charge in [-0.05, 0) is 13.8 Å². The van der Waals surface area contributed by atoms with Crippen LogP contribution in [0.2, 0.25) is 0 Å². The Morgan fingerprint density at radius 1 is 1.43 bits per heavy atom. The normalized spacial score (nSPS) is 11.8. The Morgan fingerprint density at radius 2 is 2.00 bits per heavy atom. The highest BCUT2D eigenvalue weighted by Crippen LogP contribution is 2.24. The molecule has 1 aromatic heterocycles. The van der Waals surface area contributed by atoms with Gasteiger partial charge in [0.2, 0.25) is 0 Å². The van der Waals surface area contributed by atoms with Gasteiger partial charge in [-0.15, -0.1) is 0 Å². The molecular weight excluding hydrogens is 174 g/mol. The lowest BCUT2D eigenvalue weighted by molar-refractivity contribution is 0.495. The molecule has 3 nitrogen and oxygen atoms in total. The van der Waals surface area contributed by atoms with Gasteiger partial charge in [0.25, 0.3) is 0 Å². The van der Waals surface area contributed by atoms with Crippen molar-refractivity contribution in [3.8, 4) is 6.07 Å². The lowest BCUT2D eigenvalue weighted by Crippen LogP contribution is -2.14. The highest BCUT2D eigenvalue weighted by molar-refractivity contribution is 5.35. The highest BCUT2D eigenvalue weighted by atomic mass is 15.3. The molecule has 1 heterocycles. The summed E-state index contributed by atoms with van der Waals surface area (Å²) in [5.41, 5.74) is 1.51. The number of hydrogen-bond acceptors (Lipinski definition) is 2. The molecule has 0 spiro atoms. The molecule has 0 aliphatic rings. The Kier molecular flexibility index (Phi) is 2.66. The topological polar surface area (TPSA) is 41.6 Å². The number of nitriles is 1. The van der Waals surface area contributed by atoms with E-state index in [-0.39, 0.29) is 5.41 Å². The lowest BCUT2D eigenvalue weighted by atomic mass is 9.90. The third-order valence-electron chi connectivity index (χ3n) is 2.09. The molecule has 0 radical (unpaired) electrons. The second kappa shape index (κ2) is 3.45. The minimum absolute atomic E-state index is 0.0643. The molecule has 0 unspecified atom stereocenters. The van der Waals surface area contributed by atoms with Crippen molar-refractivity contribution in [2.45, 2.75) is 46.1 Å². The van der Waals surface area contributed by atoms with Gasteiger partial charge in [-0.1, -0.05) is 20.8 Å². The maximum Gasteiger partial charge on any atom is 0.103 e. The zero-order valence-electron chi connectivity index (χ0n) is 9.50. The molecule has 14 heavy (non-hydrogen) atoms.